The Labute approximate surface area is 141 Å². The van der Waals surface area contributed by atoms with Gasteiger partial charge in [0.1, 0.15) is 5.82 Å². The molecule has 0 aliphatic rings. The average Bonchev–Trinajstić information content (AvgIpc) is 2.56. The van der Waals surface area contributed by atoms with Crippen molar-refractivity contribution in [3.8, 4) is 6.07 Å². The zero-order valence-corrected chi connectivity index (χ0v) is 13.7. The first-order valence-electron chi connectivity index (χ1n) is 7.75. The summed E-state index contributed by atoms with van der Waals surface area (Å²) >= 11 is 0. The maximum Gasteiger partial charge on any atom is 0.241 e. The predicted octanol–water partition coefficient (Wildman–Crippen LogP) is 3.20. The van der Waals surface area contributed by atoms with Crippen molar-refractivity contribution in [3.63, 3.8) is 0 Å². The molecular weight excluding hydrogens is 305 g/mol. The van der Waals surface area contributed by atoms with Gasteiger partial charge in [-0.3, -0.25) is 9.69 Å². The number of amides is 1. The van der Waals surface area contributed by atoms with Crippen molar-refractivity contribution >= 4 is 11.6 Å². The van der Waals surface area contributed by atoms with Gasteiger partial charge in [0.2, 0.25) is 5.91 Å². The van der Waals surface area contributed by atoms with Crippen LogP contribution in [0.3, 0.4) is 0 Å². The Morgan fingerprint density at radius 3 is 2.58 bits per heavy atom. The van der Waals surface area contributed by atoms with Crippen molar-refractivity contribution in [1.82, 2.24) is 4.90 Å². The second kappa shape index (κ2) is 8.80. The van der Waals surface area contributed by atoms with E-state index in [1.54, 1.807) is 11.0 Å². The third-order valence-electron chi connectivity index (χ3n) is 3.56. The number of rotatable bonds is 7. The molecule has 2 aromatic rings. The topological polar surface area (TPSA) is 47.3 Å². The molecule has 5 heteroatoms. The summed E-state index contributed by atoms with van der Waals surface area (Å²) in [5.74, 6) is -0.373. The molecule has 4 nitrogen and oxygen atoms in total. The van der Waals surface area contributed by atoms with Gasteiger partial charge in [-0.15, -0.1) is 0 Å². The number of carbonyl (C=O) groups excluding carboxylic acids is 1. The van der Waals surface area contributed by atoms with Crippen LogP contribution in [0.4, 0.5) is 10.1 Å². The highest BCUT2D eigenvalue weighted by molar-refractivity contribution is 5.94. The van der Waals surface area contributed by atoms with Gasteiger partial charge in [0.25, 0.3) is 0 Å². The van der Waals surface area contributed by atoms with Crippen LogP contribution in [0.5, 0.6) is 0 Å². The van der Waals surface area contributed by atoms with E-state index in [1.807, 2.05) is 48.3 Å². The largest absolute Gasteiger partial charge is 0.310 e. The van der Waals surface area contributed by atoms with Crippen molar-refractivity contribution in [3.05, 3.63) is 66.0 Å². The van der Waals surface area contributed by atoms with Crippen LogP contribution in [0.25, 0.3) is 0 Å². The second-order valence-corrected chi connectivity index (χ2v) is 5.59. The molecule has 124 valence electrons. The van der Waals surface area contributed by atoms with Crippen LogP contribution in [0.15, 0.2) is 54.6 Å². The molecule has 1 amide bonds. The van der Waals surface area contributed by atoms with Gasteiger partial charge < -0.3 is 4.90 Å². The minimum Gasteiger partial charge on any atom is -0.310 e. The summed E-state index contributed by atoms with van der Waals surface area (Å²) in [7, 11) is 1.82. The number of anilines is 1. The maximum absolute atomic E-state index is 13.2. The van der Waals surface area contributed by atoms with Gasteiger partial charge in [-0.1, -0.05) is 30.3 Å². The van der Waals surface area contributed by atoms with E-state index in [-0.39, 0.29) is 24.7 Å². The number of benzene rings is 2. The fourth-order valence-electron chi connectivity index (χ4n) is 2.49. The molecule has 0 bridgehead atoms. The van der Waals surface area contributed by atoms with Crippen LogP contribution in [-0.2, 0) is 11.3 Å². The highest BCUT2D eigenvalue weighted by atomic mass is 19.1. The Morgan fingerprint density at radius 2 is 1.92 bits per heavy atom. The number of hydrogen-bond donors (Lipinski definition) is 0. The molecule has 0 unspecified atom stereocenters. The van der Waals surface area contributed by atoms with Gasteiger partial charge in [-0.2, -0.15) is 5.26 Å². The molecule has 2 rings (SSSR count). The molecule has 0 saturated carbocycles. The number of hydrogen-bond acceptors (Lipinski definition) is 3. The molecule has 24 heavy (non-hydrogen) atoms. The molecular formula is C19H20FN3O. The number of likely N-dealkylation sites (N-methyl/N-ethyl adjacent to an activating group) is 1. The maximum atomic E-state index is 13.2. The first-order chi connectivity index (χ1) is 11.6. The monoisotopic (exact) mass is 325 g/mol. The zero-order valence-electron chi connectivity index (χ0n) is 13.7. The predicted molar refractivity (Wildman–Crippen MR) is 91.8 cm³/mol. The van der Waals surface area contributed by atoms with Crippen LogP contribution < -0.4 is 4.90 Å². The smallest absolute Gasteiger partial charge is 0.241 e. The molecule has 0 aromatic heterocycles. The van der Waals surface area contributed by atoms with Gasteiger partial charge in [0.15, 0.2) is 0 Å². The fourth-order valence-corrected chi connectivity index (χ4v) is 2.49. The normalized spacial score (nSPS) is 10.4. The van der Waals surface area contributed by atoms with E-state index in [2.05, 4.69) is 6.07 Å². The third-order valence-corrected chi connectivity index (χ3v) is 3.56. The standard InChI is InChI=1S/C19H20FN3O/c1-22(14-16-7-5-8-17(20)13-16)15-19(24)23(12-6-11-21)18-9-3-2-4-10-18/h2-5,7-10,13H,6,12,14-15H2,1H3. The summed E-state index contributed by atoms with van der Waals surface area (Å²) < 4.78 is 13.2. The Morgan fingerprint density at radius 1 is 1.17 bits per heavy atom. The van der Waals surface area contributed by atoms with Crippen LogP contribution in [0.2, 0.25) is 0 Å². The van der Waals surface area contributed by atoms with E-state index >= 15 is 0 Å². The summed E-state index contributed by atoms with van der Waals surface area (Å²) in [6.07, 6.45) is 0.272. The summed E-state index contributed by atoms with van der Waals surface area (Å²) in [4.78, 5) is 16.1. The number of nitriles is 1. The van der Waals surface area contributed by atoms with Gasteiger partial charge in [-0.25, -0.2) is 4.39 Å². The number of nitrogens with zero attached hydrogens (tertiary/aromatic N) is 3. The Kier molecular flexibility index (Phi) is 6.47. The summed E-state index contributed by atoms with van der Waals surface area (Å²) in [6, 6.07) is 17.7. The van der Waals surface area contributed by atoms with E-state index in [0.717, 1.165) is 11.3 Å². The summed E-state index contributed by atoms with van der Waals surface area (Å²) in [5, 5.41) is 8.81. The minimum absolute atomic E-state index is 0.0876. The first-order valence-corrected chi connectivity index (χ1v) is 7.75. The van der Waals surface area contributed by atoms with Crippen LogP contribution in [0, 0.1) is 17.1 Å². The SMILES string of the molecule is CN(CC(=O)N(CCC#N)c1ccccc1)Cc1cccc(F)c1. The van der Waals surface area contributed by atoms with Crippen molar-refractivity contribution in [2.75, 3.05) is 25.0 Å². The Bertz CT molecular complexity index is 712. The Balaban J connectivity index is 2.02. The Hall–Kier alpha value is -2.71. The zero-order chi connectivity index (χ0) is 17.4. The molecule has 0 aliphatic carbocycles. The highest BCUT2D eigenvalue weighted by Gasteiger charge is 2.17. The lowest BCUT2D eigenvalue weighted by molar-refractivity contribution is -0.119. The molecule has 0 fully saturated rings. The molecule has 0 heterocycles. The lowest BCUT2D eigenvalue weighted by Crippen LogP contribution is -2.39. The van der Waals surface area contributed by atoms with Crippen molar-refractivity contribution < 1.29 is 9.18 Å². The van der Waals surface area contributed by atoms with Gasteiger partial charge >= 0.3 is 0 Å². The molecule has 0 aliphatic heterocycles. The number of para-hydroxylation sites is 1. The molecule has 0 atom stereocenters. The molecule has 2 aromatic carbocycles. The fraction of sp³-hybridized carbons (Fsp3) is 0.263. The number of carbonyl (C=O) groups is 1. The second-order valence-electron chi connectivity index (χ2n) is 5.59. The molecule has 0 spiro atoms. The van der Waals surface area contributed by atoms with Crippen LogP contribution in [0.1, 0.15) is 12.0 Å². The molecule has 0 radical (unpaired) electrons. The molecule has 0 N–H and O–H groups in total. The van der Waals surface area contributed by atoms with Gasteiger partial charge in [0.05, 0.1) is 19.0 Å². The van der Waals surface area contributed by atoms with Gasteiger partial charge in [0, 0.05) is 18.8 Å². The van der Waals surface area contributed by atoms with Crippen molar-refractivity contribution in [2.24, 2.45) is 0 Å². The minimum atomic E-state index is -0.285. The lowest BCUT2D eigenvalue weighted by Gasteiger charge is -2.25. The highest BCUT2D eigenvalue weighted by Crippen LogP contribution is 2.15. The van der Waals surface area contributed by atoms with E-state index in [9.17, 15) is 9.18 Å². The van der Waals surface area contributed by atoms with Gasteiger partial charge in [-0.05, 0) is 36.9 Å². The van der Waals surface area contributed by atoms with Crippen molar-refractivity contribution in [1.29, 1.82) is 5.26 Å². The van der Waals surface area contributed by atoms with E-state index in [4.69, 9.17) is 5.26 Å². The summed E-state index contributed by atoms with van der Waals surface area (Å²) in [6.45, 7) is 1.02. The molecule has 0 saturated heterocycles. The average molecular weight is 325 g/mol. The van der Waals surface area contributed by atoms with E-state index in [1.165, 1.54) is 12.1 Å². The first kappa shape index (κ1) is 17.6. The number of halogens is 1. The lowest BCUT2D eigenvalue weighted by atomic mass is 10.2. The third kappa shape index (κ3) is 5.18. The summed E-state index contributed by atoms with van der Waals surface area (Å²) in [5.41, 5.74) is 1.59. The van der Waals surface area contributed by atoms with E-state index < -0.39 is 0 Å². The quantitative estimate of drug-likeness (QED) is 0.785. The van der Waals surface area contributed by atoms with E-state index in [0.29, 0.717) is 13.1 Å². The van der Waals surface area contributed by atoms with Crippen molar-refractivity contribution in [2.45, 2.75) is 13.0 Å². The van der Waals surface area contributed by atoms with Crippen LogP contribution in [-0.4, -0.2) is 30.9 Å². The van der Waals surface area contributed by atoms with Crippen LogP contribution >= 0.6 is 0 Å².